The van der Waals surface area contributed by atoms with Crippen molar-refractivity contribution < 1.29 is 4.39 Å². The fraction of sp³-hybridized carbons (Fsp3) is 0.0526. The molecule has 0 fully saturated rings. The molecule has 0 radical (unpaired) electrons. The summed E-state index contributed by atoms with van der Waals surface area (Å²) in [6.45, 7) is 5.46. The molecule has 0 amide bonds. The first-order chi connectivity index (χ1) is 11.7. The van der Waals surface area contributed by atoms with E-state index in [-0.39, 0.29) is 5.82 Å². The number of halogens is 1. The number of nitrogens with one attached hydrogen (secondary N) is 1. The molecule has 0 unspecified atom stereocenters. The van der Waals surface area contributed by atoms with Gasteiger partial charge in [-0.2, -0.15) is 5.10 Å². The number of H-pyrrole nitrogens is 1. The van der Waals surface area contributed by atoms with Crippen LogP contribution in [0.25, 0.3) is 11.0 Å². The summed E-state index contributed by atoms with van der Waals surface area (Å²) in [6.07, 6.45) is 4.89. The summed E-state index contributed by atoms with van der Waals surface area (Å²) >= 11 is 0. The predicted molar refractivity (Wildman–Crippen MR) is 95.3 cm³/mol. The largest absolute Gasteiger partial charge is 0.333 e. The van der Waals surface area contributed by atoms with Crippen molar-refractivity contribution >= 4 is 23.4 Å². The van der Waals surface area contributed by atoms with Crippen LogP contribution in [0, 0.1) is 17.7 Å². The van der Waals surface area contributed by atoms with Crippen LogP contribution in [0.3, 0.4) is 0 Å². The molecule has 0 aliphatic heterocycles. The van der Waals surface area contributed by atoms with Gasteiger partial charge < -0.3 is 4.98 Å². The van der Waals surface area contributed by atoms with Crippen LogP contribution in [0.15, 0.2) is 60.0 Å². The quantitative estimate of drug-likeness (QED) is 0.450. The van der Waals surface area contributed by atoms with Gasteiger partial charge in [0, 0.05) is 23.9 Å². The molecule has 1 aromatic carbocycles. The molecule has 0 aliphatic rings. The highest BCUT2D eigenvalue weighted by atomic mass is 19.1. The van der Waals surface area contributed by atoms with Crippen molar-refractivity contribution in [3.63, 3.8) is 0 Å². The van der Waals surface area contributed by atoms with Crippen molar-refractivity contribution in [2.45, 2.75) is 6.92 Å². The molecule has 0 aliphatic carbocycles. The molecule has 0 bridgehead atoms. The van der Waals surface area contributed by atoms with E-state index in [2.05, 4.69) is 33.6 Å². The Morgan fingerprint density at radius 2 is 2.04 bits per heavy atom. The van der Waals surface area contributed by atoms with Crippen molar-refractivity contribution in [2.75, 3.05) is 5.01 Å². The first-order valence-corrected chi connectivity index (χ1v) is 7.34. The number of hydrazone groups is 1. The number of hydrogen-bond acceptors (Lipinski definition) is 3. The molecule has 1 N–H and O–H groups in total. The van der Waals surface area contributed by atoms with Crippen LogP contribution in [0.1, 0.15) is 18.2 Å². The van der Waals surface area contributed by atoms with E-state index in [1.165, 1.54) is 12.3 Å². The number of anilines is 1. The van der Waals surface area contributed by atoms with Gasteiger partial charge >= 0.3 is 0 Å². The number of allylic oxidation sites excluding steroid dienone is 1. The van der Waals surface area contributed by atoms with Gasteiger partial charge in [-0.05, 0) is 49.2 Å². The molecule has 0 atom stereocenters. The second-order valence-corrected chi connectivity index (χ2v) is 5.04. The van der Waals surface area contributed by atoms with Crippen LogP contribution in [-0.2, 0) is 0 Å². The Hall–Kier alpha value is -3.39. The standard InChI is InChI=1S/C19H15FN4/c1-3-10-24(21-2)18-8-5-14(6-9-18)4-7-17-12-15-11-16(20)13-22-19(15)23-17/h3,5-6,8-13H,2H2,1H3,(H,22,23)/b10-3-. The van der Waals surface area contributed by atoms with Crippen LogP contribution in [-0.4, -0.2) is 16.7 Å². The van der Waals surface area contributed by atoms with Crippen molar-refractivity contribution in [1.82, 2.24) is 9.97 Å². The van der Waals surface area contributed by atoms with Gasteiger partial charge in [0.1, 0.15) is 11.5 Å². The molecule has 3 rings (SSSR count). The Balaban J connectivity index is 1.83. The maximum Gasteiger partial charge on any atom is 0.142 e. The smallest absolute Gasteiger partial charge is 0.142 e. The summed E-state index contributed by atoms with van der Waals surface area (Å²) < 4.78 is 13.2. The van der Waals surface area contributed by atoms with Gasteiger partial charge in [0.2, 0.25) is 0 Å². The number of fused-ring (bicyclic) bond motifs is 1. The highest BCUT2D eigenvalue weighted by Gasteiger charge is 2.02. The molecule has 5 heteroatoms. The number of rotatable bonds is 3. The number of hydrogen-bond donors (Lipinski definition) is 1. The lowest BCUT2D eigenvalue weighted by Crippen LogP contribution is -2.05. The average molecular weight is 318 g/mol. The first-order valence-electron chi connectivity index (χ1n) is 7.34. The Labute approximate surface area is 139 Å². The van der Waals surface area contributed by atoms with Crippen LogP contribution in [0.5, 0.6) is 0 Å². The van der Waals surface area contributed by atoms with E-state index < -0.39 is 0 Å². The summed E-state index contributed by atoms with van der Waals surface area (Å²) in [5.41, 5.74) is 3.07. The Morgan fingerprint density at radius 1 is 1.25 bits per heavy atom. The topological polar surface area (TPSA) is 44.3 Å². The summed E-state index contributed by atoms with van der Waals surface area (Å²) in [4.78, 5) is 7.04. The zero-order chi connectivity index (χ0) is 16.9. The first kappa shape index (κ1) is 15.5. The molecule has 24 heavy (non-hydrogen) atoms. The minimum absolute atomic E-state index is 0.363. The van der Waals surface area contributed by atoms with E-state index in [9.17, 15) is 4.39 Å². The lowest BCUT2D eigenvalue weighted by molar-refractivity contribution is 0.624. The third-order valence-corrected chi connectivity index (χ3v) is 3.35. The van der Waals surface area contributed by atoms with Gasteiger partial charge in [-0.3, -0.25) is 0 Å². The molecular formula is C19H15FN4. The SMILES string of the molecule is C=NN(/C=C\C)c1ccc(C#Cc2cc3cc(F)cnc3[nH]2)cc1. The molecule has 3 aromatic rings. The van der Waals surface area contributed by atoms with Gasteiger partial charge in [0.05, 0.1) is 17.6 Å². The lowest BCUT2D eigenvalue weighted by atomic mass is 10.2. The van der Waals surface area contributed by atoms with E-state index in [4.69, 9.17) is 0 Å². The minimum Gasteiger partial charge on any atom is -0.333 e. The minimum atomic E-state index is -0.363. The summed E-state index contributed by atoms with van der Waals surface area (Å²) in [7, 11) is 0. The Bertz CT molecular complexity index is 958. The molecule has 118 valence electrons. The van der Waals surface area contributed by atoms with Gasteiger partial charge in [-0.1, -0.05) is 12.0 Å². The van der Waals surface area contributed by atoms with E-state index >= 15 is 0 Å². The number of aromatic amines is 1. The number of pyridine rings is 1. The highest BCUT2D eigenvalue weighted by molar-refractivity contribution is 5.77. The van der Waals surface area contributed by atoms with Crippen molar-refractivity contribution in [3.8, 4) is 11.8 Å². The Kier molecular flexibility index (Phi) is 4.39. The van der Waals surface area contributed by atoms with Crippen LogP contribution < -0.4 is 5.01 Å². The van der Waals surface area contributed by atoms with Gasteiger partial charge in [0.25, 0.3) is 0 Å². The maximum atomic E-state index is 13.2. The second-order valence-electron chi connectivity index (χ2n) is 5.04. The second kappa shape index (κ2) is 6.80. The molecule has 0 saturated carbocycles. The van der Waals surface area contributed by atoms with E-state index in [1.807, 2.05) is 43.5 Å². The van der Waals surface area contributed by atoms with Crippen molar-refractivity contribution in [3.05, 3.63) is 71.9 Å². The van der Waals surface area contributed by atoms with E-state index in [0.29, 0.717) is 16.7 Å². The van der Waals surface area contributed by atoms with Gasteiger partial charge in [-0.15, -0.1) is 0 Å². The Morgan fingerprint density at radius 3 is 2.75 bits per heavy atom. The molecule has 2 aromatic heterocycles. The molecule has 2 heterocycles. The number of aromatic nitrogens is 2. The van der Waals surface area contributed by atoms with E-state index in [0.717, 1.165) is 11.3 Å². The van der Waals surface area contributed by atoms with Crippen molar-refractivity contribution in [1.29, 1.82) is 0 Å². The zero-order valence-corrected chi connectivity index (χ0v) is 13.1. The number of benzene rings is 1. The zero-order valence-electron chi connectivity index (χ0n) is 13.1. The fourth-order valence-electron chi connectivity index (χ4n) is 2.25. The van der Waals surface area contributed by atoms with Crippen LogP contribution in [0.4, 0.5) is 10.1 Å². The molecule has 0 spiro atoms. The molecular weight excluding hydrogens is 303 g/mol. The average Bonchev–Trinajstić information content (AvgIpc) is 3.00. The van der Waals surface area contributed by atoms with Crippen LogP contribution in [0.2, 0.25) is 0 Å². The highest BCUT2D eigenvalue weighted by Crippen LogP contribution is 2.16. The van der Waals surface area contributed by atoms with Gasteiger partial charge in [0.15, 0.2) is 0 Å². The third-order valence-electron chi connectivity index (χ3n) is 3.35. The third kappa shape index (κ3) is 3.33. The summed E-state index contributed by atoms with van der Waals surface area (Å²) in [6, 6.07) is 10.9. The monoisotopic (exact) mass is 318 g/mol. The molecule has 0 saturated heterocycles. The molecule has 4 nitrogen and oxygen atoms in total. The number of nitrogens with zero attached hydrogens (tertiary/aromatic N) is 3. The van der Waals surface area contributed by atoms with E-state index in [1.54, 1.807) is 11.1 Å². The fourth-order valence-corrected chi connectivity index (χ4v) is 2.25. The normalized spacial score (nSPS) is 10.6. The summed E-state index contributed by atoms with van der Waals surface area (Å²) in [5.74, 6) is 5.73. The maximum absolute atomic E-state index is 13.2. The van der Waals surface area contributed by atoms with Crippen molar-refractivity contribution in [2.24, 2.45) is 5.10 Å². The van der Waals surface area contributed by atoms with Gasteiger partial charge in [-0.25, -0.2) is 14.4 Å². The summed E-state index contributed by atoms with van der Waals surface area (Å²) in [5, 5.41) is 6.30. The van der Waals surface area contributed by atoms with Crippen LogP contribution >= 0.6 is 0 Å². The predicted octanol–water partition coefficient (Wildman–Crippen LogP) is 4.06. The lowest BCUT2D eigenvalue weighted by Gasteiger charge is -2.12.